The van der Waals surface area contributed by atoms with Crippen LogP contribution in [0.3, 0.4) is 0 Å². The monoisotopic (exact) mass is 280 g/mol. The lowest BCUT2D eigenvalue weighted by Gasteiger charge is -2.14. The Morgan fingerprint density at radius 2 is 2.30 bits per heavy atom. The number of methoxy groups -OCH3 is 1. The number of rotatable bonds is 8. The summed E-state index contributed by atoms with van der Waals surface area (Å²) >= 11 is 0. The average Bonchev–Trinajstić information content (AvgIpc) is 2.46. The highest BCUT2D eigenvalue weighted by atomic mass is 16.5. The molecule has 0 aliphatic heterocycles. The fourth-order valence-corrected chi connectivity index (χ4v) is 1.32. The van der Waals surface area contributed by atoms with Crippen molar-refractivity contribution in [3.8, 4) is 5.88 Å². The van der Waals surface area contributed by atoms with Crippen molar-refractivity contribution in [2.45, 2.75) is 6.04 Å². The maximum Gasteiger partial charge on any atom is 0.328 e. The Bertz CT molecular complexity index is 472. The fourth-order valence-electron chi connectivity index (χ4n) is 1.32. The van der Waals surface area contributed by atoms with Crippen LogP contribution >= 0.6 is 0 Å². The number of carbonyl (C=O) groups is 2. The molecule has 20 heavy (non-hydrogen) atoms. The summed E-state index contributed by atoms with van der Waals surface area (Å²) in [4.78, 5) is 26.7. The number of amides is 1. The number of hydrogen-bond acceptors (Lipinski definition) is 5. The molecule has 1 heterocycles. The van der Waals surface area contributed by atoms with Gasteiger partial charge in [-0.05, 0) is 6.07 Å². The molecule has 1 rings (SSSR count). The molecule has 1 atom stereocenters. The Labute approximate surface area is 116 Å². The topological polar surface area (TPSA) is 97.8 Å². The number of nitrogens with one attached hydrogen (secondary N) is 1. The first-order valence-electron chi connectivity index (χ1n) is 5.80. The van der Waals surface area contributed by atoms with Gasteiger partial charge in [-0.15, -0.1) is 6.58 Å². The summed E-state index contributed by atoms with van der Waals surface area (Å²) in [6.07, 6.45) is 2.80. The molecule has 0 bridgehead atoms. The largest absolute Gasteiger partial charge is 0.481 e. The van der Waals surface area contributed by atoms with E-state index in [9.17, 15) is 9.59 Å². The number of nitrogens with zero attached hydrogens (tertiary/aromatic N) is 1. The number of aromatic nitrogens is 1. The van der Waals surface area contributed by atoms with Crippen LogP contribution < -0.4 is 10.1 Å². The van der Waals surface area contributed by atoms with E-state index in [0.29, 0.717) is 5.88 Å². The van der Waals surface area contributed by atoms with Crippen LogP contribution in [0.25, 0.3) is 0 Å². The zero-order valence-electron chi connectivity index (χ0n) is 11.0. The first-order valence-corrected chi connectivity index (χ1v) is 5.80. The van der Waals surface area contributed by atoms with Gasteiger partial charge in [0.05, 0.1) is 25.9 Å². The fraction of sp³-hybridized carbons (Fsp3) is 0.308. The van der Waals surface area contributed by atoms with E-state index in [1.165, 1.54) is 31.5 Å². The molecule has 0 saturated heterocycles. The third kappa shape index (κ3) is 4.69. The summed E-state index contributed by atoms with van der Waals surface area (Å²) in [6, 6.07) is 1.87. The van der Waals surface area contributed by atoms with E-state index < -0.39 is 17.9 Å². The van der Waals surface area contributed by atoms with Crippen LogP contribution in [0.1, 0.15) is 10.4 Å². The minimum atomic E-state index is -1.18. The van der Waals surface area contributed by atoms with Crippen molar-refractivity contribution in [2.24, 2.45) is 0 Å². The van der Waals surface area contributed by atoms with Crippen molar-refractivity contribution in [2.75, 3.05) is 20.3 Å². The molecule has 7 heteroatoms. The van der Waals surface area contributed by atoms with Crippen molar-refractivity contribution >= 4 is 11.9 Å². The number of pyridine rings is 1. The van der Waals surface area contributed by atoms with Gasteiger partial charge in [-0.2, -0.15) is 0 Å². The van der Waals surface area contributed by atoms with Gasteiger partial charge in [0.1, 0.15) is 0 Å². The first-order chi connectivity index (χ1) is 9.58. The summed E-state index contributed by atoms with van der Waals surface area (Å²) in [5.74, 6) is -1.36. The molecule has 0 saturated carbocycles. The lowest BCUT2D eigenvalue weighted by molar-refractivity contribution is -0.140. The number of ether oxygens (including phenoxy) is 2. The zero-order valence-corrected chi connectivity index (χ0v) is 11.0. The summed E-state index contributed by atoms with van der Waals surface area (Å²) in [6.45, 7) is 3.52. The Hall–Kier alpha value is -2.41. The molecular formula is C13H16N2O5. The van der Waals surface area contributed by atoms with Crippen LogP contribution in [0.4, 0.5) is 0 Å². The number of aliphatic carboxylic acids is 1. The van der Waals surface area contributed by atoms with Crippen molar-refractivity contribution in [1.29, 1.82) is 0 Å². The minimum absolute atomic E-state index is 0.142. The normalized spacial score (nSPS) is 11.4. The molecule has 1 aromatic rings. The second-order valence-corrected chi connectivity index (χ2v) is 3.78. The number of carboxylic acid groups (broad SMARTS) is 1. The van der Waals surface area contributed by atoms with Crippen LogP contribution in [-0.4, -0.2) is 48.3 Å². The molecule has 0 spiro atoms. The van der Waals surface area contributed by atoms with Gasteiger partial charge in [0.2, 0.25) is 5.88 Å². The molecule has 0 radical (unpaired) electrons. The average molecular weight is 280 g/mol. The second-order valence-electron chi connectivity index (χ2n) is 3.78. The number of hydrogen-bond donors (Lipinski definition) is 2. The van der Waals surface area contributed by atoms with Gasteiger partial charge in [0, 0.05) is 12.3 Å². The Morgan fingerprint density at radius 3 is 2.80 bits per heavy atom. The highest BCUT2D eigenvalue weighted by molar-refractivity contribution is 5.96. The van der Waals surface area contributed by atoms with Crippen LogP contribution in [0.2, 0.25) is 0 Å². The lowest BCUT2D eigenvalue weighted by atomic mass is 10.2. The van der Waals surface area contributed by atoms with Gasteiger partial charge in [-0.25, -0.2) is 9.78 Å². The van der Waals surface area contributed by atoms with Gasteiger partial charge in [0.25, 0.3) is 5.91 Å². The van der Waals surface area contributed by atoms with Crippen LogP contribution in [0.15, 0.2) is 31.0 Å². The molecule has 1 aromatic heterocycles. The summed E-state index contributed by atoms with van der Waals surface area (Å²) in [5, 5.41) is 11.3. The van der Waals surface area contributed by atoms with E-state index in [0.717, 1.165) is 0 Å². The highest BCUT2D eigenvalue weighted by Gasteiger charge is 2.20. The third-order valence-electron chi connectivity index (χ3n) is 2.33. The molecule has 0 aromatic carbocycles. The van der Waals surface area contributed by atoms with E-state index in [-0.39, 0.29) is 18.8 Å². The third-order valence-corrected chi connectivity index (χ3v) is 2.33. The van der Waals surface area contributed by atoms with E-state index in [1.807, 2.05) is 0 Å². The lowest BCUT2D eigenvalue weighted by Crippen LogP contribution is -2.44. The summed E-state index contributed by atoms with van der Waals surface area (Å²) in [5.41, 5.74) is 0.237. The van der Waals surface area contributed by atoms with E-state index in [4.69, 9.17) is 14.6 Å². The molecule has 0 aliphatic rings. The van der Waals surface area contributed by atoms with Crippen LogP contribution in [-0.2, 0) is 9.53 Å². The van der Waals surface area contributed by atoms with E-state index in [2.05, 4.69) is 16.9 Å². The van der Waals surface area contributed by atoms with Crippen molar-refractivity contribution in [1.82, 2.24) is 10.3 Å². The van der Waals surface area contributed by atoms with E-state index in [1.54, 1.807) is 0 Å². The maximum absolute atomic E-state index is 11.9. The van der Waals surface area contributed by atoms with Crippen molar-refractivity contribution in [3.63, 3.8) is 0 Å². The Balaban J connectivity index is 2.64. The van der Waals surface area contributed by atoms with Gasteiger partial charge in [-0.3, -0.25) is 4.79 Å². The Kier molecular flexibility index (Phi) is 6.18. The number of carbonyl (C=O) groups excluding carboxylic acids is 1. The predicted octanol–water partition coefficient (Wildman–Crippen LogP) is 0.476. The van der Waals surface area contributed by atoms with Gasteiger partial charge < -0.3 is 19.9 Å². The van der Waals surface area contributed by atoms with Crippen LogP contribution in [0.5, 0.6) is 5.88 Å². The molecule has 108 valence electrons. The zero-order chi connectivity index (χ0) is 15.0. The standard InChI is InChI=1S/C13H16N2O5/c1-3-6-20-8-10(13(17)18)15-12(16)9-4-5-11(19-2)14-7-9/h3-5,7,10H,1,6,8H2,2H3,(H,15,16)(H,17,18). The molecule has 2 N–H and O–H groups in total. The molecule has 7 nitrogen and oxygen atoms in total. The quantitative estimate of drug-likeness (QED) is 0.531. The second kappa shape index (κ2) is 7.90. The van der Waals surface area contributed by atoms with E-state index >= 15 is 0 Å². The molecule has 1 amide bonds. The van der Waals surface area contributed by atoms with Gasteiger partial charge in [0.15, 0.2) is 6.04 Å². The van der Waals surface area contributed by atoms with Crippen molar-refractivity contribution in [3.05, 3.63) is 36.5 Å². The molecule has 0 aliphatic carbocycles. The summed E-state index contributed by atoms with van der Waals surface area (Å²) < 4.78 is 9.90. The van der Waals surface area contributed by atoms with Gasteiger partial charge in [-0.1, -0.05) is 6.08 Å². The smallest absolute Gasteiger partial charge is 0.328 e. The number of carboxylic acids is 1. The maximum atomic E-state index is 11.9. The highest BCUT2D eigenvalue weighted by Crippen LogP contribution is 2.06. The molecule has 0 fully saturated rings. The minimum Gasteiger partial charge on any atom is -0.481 e. The molecule has 1 unspecified atom stereocenters. The first kappa shape index (κ1) is 15.6. The molecular weight excluding hydrogens is 264 g/mol. The van der Waals surface area contributed by atoms with Crippen molar-refractivity contribution < 1.29 is 24.2 Å². The summed E-state index contributed by atoms with van der Waals surface area (Å²) in [7, 11) is 1.46. The SMILES string of the molecule is C=CCOCC(NC(=O)c1ccc(OC)nc1)C(=O)O. The van der Waals surface area contributed by atoms with Gasteiger partial charge >= 0.3 is 5.97 Å². The van der Waals surface area contributed by atoms with Crippen LogP contribution in [0, 0.1) is 0 Å². The Morgan fingerprint density at radius 1 is 1.55 bits per heavy atom. The predicted molar refractivity (Wildman–Crippen MR) is 70.7 cm³/mol.